The third-order valence-electron chi connectivity index (χ3n) is 1.78. The highest BCUT2D eigenvalue weighted by Gasteiger charge is 2.16. The highest BCUT2D eigenvalue weighted by molar-refractivity contribution is 5.85. The lowest BCUT2D eigenvalue weighted by molar-refractivity contribution is -0.140. The molecule has 0 heterocycles. The van der Waals surface area contributed by atoms with Crippen LogP contribution in [-0.2, 0) is 14.3 Å². The van der Waals surface area contributed by atoms with Gasteiger partial charge in [0.1, 0.15) is 6.10 Å². The molecule has 4 nitrogen and oxygen atoms in total. The van der Waals surface area contributed by atoms with Crippen molar-refractivity contribution in [2.75, 3.05) is 7.11 Å². The lowest BCUT2D eigenvalue weighted by atomic mass is 10.1. The Morgan fingerprint density at radius 3 is 2.38 bits per heavy atom. The quantitative estimate of drug-likeness (QED) is 0.652. The van der Waals surface area contributed by atoms with Gasteiger partial charge in [0.2, 0.25) is 0 Å². The molecular weight excluding hydrogens is 172 g/mol. The van der Waals surface area contributed by atoms with Gasteiger partial charge < -0.3 is 9.84 Å². The van der Waals surface area contributed by atoms with Crippen LogP contribution in [-0.4, -0.2) is 30.1 Å². The van der Waals surface area contributed by atoms with Gasteiger partial charge in [-0.25, -0.2) is 0 Å². The van der Waals surface area contributed by atoms with Crippen molar-refractivity contribution < 1.29 is 19.4 Å². The molecule has 0 aromatic rings. The van der Waals surface area contributed by atoms with Crippen LogP contribution in [0.4, 0.5) is 0 Å². The van der Waals surface area contributed by atoms with Gasteiger partial charge in [-0.15, -0.1) is 0 Å². The average Bonchev–Trinajstić information content (AvgIpc) is 2.10. The van der Waals surface area contributed by atoms with E-state index in [4.69, 9.17) is 9.84 Å². The van der Waals surface area contributed by atoms with Crippen molar-refractivity contribution in [3.05, 3.63) is 0 Å². The van der Waals surface area contributed by atoms with Crippen molar-refractivity contribution in [2.45, 2.75) is 38.7 Å². The zero-order valence-electron chi connectivity index (χ0n) is 8.08. The van der Waals surface area contributed by atoms with Crippen LogP contribution in [0.15, 0.2) is 0 Å². The number of hydrogen-bond acceptors (Lipinski definition) is 3. The topological polar surface area (TPSA) is 63.6 Å². The summed E-state index contributed by atoms with van der Waals surface area (Å²) in [6, 6.07) is 0. The Morgan fingerprint density at radius 1 is 1.38 bits per heavy atom. The summed E-state index contributed by atoms with van der Waals surface area (Å²) in [6.07, 6.45) is 1.05. The molecule has 0 fully saturated rings. The number of methoxy groups -OCH3 is 1. The molecule has 0 aliphatic heterocycles. The molecule has 0 amide bonds. The van der Waals surface area contributed by atoms with E-state index >= 15 is 0 Å². The molecule has 0 aliphatic carbocycles. The minimum absolute atomic E-state index is 0.0633. The molecule has 0 aromatic heterocycles. The molecule has 0 bridgehead atoms. The molecule has 0 aliphatic rings. The summed E-state index contributed by atoms with van der Waals surface area (Å²) in [5.74, 6) is -1.06. The molecular formula is C9H16O4. The van der Waals surface area contributed by atoms with Gasteiger partial charge in [-0.3, -0.25) is 9.59 Å². The lowest BCUT2D eigenvalue weighted by Gasteiger charge is -2.11. The first kappa shape index (κ1) is 12.1. The molecule has 1 unspecified atom stereocenters. The van der Waals surface area contributed by atoms with Crippen LogP contribution in [0.25, 0.3) is 0 Å². The molecule has 76 valence electrons. The number of Topliss-reactive ketones (excluding diaryl/α,β-unsaturated/α-hetero) is 1. The summed E-state index contributed by atoms with van der Waals surface area (Å²) < 4.78 is 4.94. The maximum Gasteiger partial charge on any atom is 0.303 e. The van der Waals surface area contributed by atoms with Crippen molar-refractivity contribution in [1.82, 2.24) is 0 Å². The SMILES string of the molecule is CCCC(OC)C(=O)CCC(=O)O. The van der Waals surface area contributed by atoms with Gasteiger partial charge in [-0.05, 0) is 6.42 Å². The summed E-state index contributed by atoms with van der Waals surface area (Å²) in [4.78, 5) is 21.5. The number of aliphatic carboxylic acids is 1. The summed E-state index contributed by atoms with van der Waals surface area (Å²) in [6.45, 7) is 1.95. The standard InChI is InChI=1S/C9H16O4/c1-3-4-8(13-2)7(10)5-6-9(11)12/h8H,3-6H2,1-2H3,(H,11,12). The highest BCUT2D eigenvalue weighted by Crippen LogP contribution is 2.06. The molecule has 13 heavy (non-hydrogen) atoms. The van der Waals surface area contributed by atoms with Crippen LogP contribution >= 0.6 is 0 Å². The second kappa shape index (κ2) is 6.60. The Balaban J connectivity index is 3.84. The van der Waals surface area contributed by atoms with Gasteiger partial charge in [-0.1, -0.05) is 13.3 Å². The van der Waals surface area contributed by atoms with E-state index in [1.54, 1.807) is 0 Å². The van der Waals surface area contributed by atoms with Crippen LogP contribution in [0.1, 0.15) is 32.6 Å². The number of ether oxygens (including phenoxy) is 1. The second-order valence-electron chi connectivity index (χ2n) is 2.87. The Bertz CT molecular complexity index is 176. The van der Waals surface area contributed by atoms with Gasteiger partial charge in [-0.2, -0.15) is 0 Å². The van der Waals surface area contributed by atoms with Gasteiger partial charge in [0.05, 0.1) is 6.42 Å². The van der Waals surface area contributed by atoms with E-state index in [1.807, 2.05) is 6.92 Å². The maximum absolute atomic E-state index is 11.3. The average molecular weight is 188 g/mol. The second-order valence-corrected chi connectivity index (χ2v) is 2.87. The minimum Gasteiger partial charge on any atom is -0.481 e. The summed E-state index contributed by atoms with van der Waals surface area (Å²) >= 11 is 0. The fourth-order valence-electron chi connectivity index (χ4n) is 1.06. The van der Waals surface area contributed by atoms with Crippen molar-refractivity contribution in [2.24, 2.45) is 0 Å². The van der Waals surface area contributed by atoms with Gasteiger partial charge in [0.15, 0.2) is 5.78 Å². The van der Waals surface area contributed by atoms with E-state index in [0.29, 0.717) is 6.42 Å². The summed E-state index contributed by atoms with van der Waals surface area (Å²) in [5, 5.41) is 8.35. The van der Waals surface area contributed by atoms with Crippen LogP contribution in [0, 0.1) is 0 Å². The number of hydrogen-bond donors (Lipinski definition) is 1. The number of carboxylic acid groups (broad SMARTS) is 1. The molecule has 1 N–H and O–H groups in total. The molecule has 0 spiro atoms. The first-order valence-electron chi connectivity index (χ1n) is 4.39. The van der Waals surface area contributed by atoms with Crippen molar-refractivity contribution >= 4 is 11.8 Å². The molecule has 0 aromatic carbocycles. The molecule has 1 atom stereocenters. The fraction of sp³-hybridized carbons (Fsp3) is 0.778. The number of carbonyl (C=O) groups excluding carboxylic acids is 1. The minimum atomic E-state index is -0.945. The third kappa shape index (κ3) is 5.36. The Morgan fingerprint density at radius 2 is 2.00 bits per heavy atom. The Kier molecular flexibility index (Phi) is 6.14. The number of carbonyl (C=O) groups is 2. The molecule has 0 rings (SSSR count). The number of rotatable bonds is 7. The largest absolute Gasteiger partial charge is 0.481 e. The molecule has 0 saturated heterocycles. The summed E-state index contributed by atoms with van der Waals surface area (Å²) in [7, 11) is 1.47. The maximum atomic E-state index is 11.3. The third-order valence-corrected chi connectivity index (χ3v) is 1.78. The predicted octanol–water partition coefficient (Wildman–Crippen LogP) is 1.24. The summed E-state index contributed by atoms with van der Waals surface area (Å²) in [5.41, 5.74) is 0. The monoisotopic (exact) mass is 188 g/mol. The van der Waals surface area contributed by atoms with Crippen LogP contribution in [0.5, 0.6) is 0 Å². The molecule has 0 radical (unpaired) electrons. The van der Waals surface area contributed by atoms with E-state index in [0.717, 1.165) is 6.42 Å². The van der Waals surface area contributed by atoms with E-state index in [2.05, 4.69) is 0 Å². The van der Waals surface area contributed by atoms with E-state index in [9.17, 15) is 9.59 Å². The Labute approximate surface area is 77.9 Å². The van der Waals surface area contributed by atoms with E-state index < -0.39 is 12.1 Å². The van der Waals surface area contributed by atoms with Gasteiger partial charge in [0, 0.05) is 13.5 Å². The van der Waals surface area contributed by atoms with E-state index in [-0.39, 0.29) is 18.6 Å². The molecule has 0 saturated carbocycles. The number of carboxylic acids is 1. The van der Waals surface area contributed by atoms with Crippen molar-refractivity contribution in [3.63, 3.8) is 0 Å². The zero-order valence-corrected chi connectivity index (χ0v) is 8.08. The predicted molar refractivity (Wildman–Crippen MR) is 47.6 cm³/mol. The van der Waals surface area contributed by atoms with Gasteiger partial charge in [0.25, 0.3) is 0 Å². The first-order valence-corrected chi connectivity index (χ1v) is 4.39. The van der Waals surface area contributed by atoms with Crippen LogP contribution < -0.4 is 0 Å². The molecule has 4 heteroatoms. The zero-order chi connectivity index (χ0) is 10.3. The van der Waals surface area contributed by atoms with Crippen molar-refractivity contribution in [3.8, 4) is 0 Å². The van der Waals surface area contributed by atoms with Gasteiger partial charge >= 0.3 is 5.97 Å². The Hall–Kier alpha value is -0.900. The van der Waals surface area contributed by atoms with E-state index in [1.165, 1.54) is 7.11 Å². The lowest BCUT2D eigenvalue weighted by Crippen LogP contribution is -2.23. The fourth-order valence-corrected chi connectivity index (χ4v) is 1.06. The van der Waals surface area contributed by atoms with Crippen LogP contribution in [0.2, 0.25) is 0 Å². The van der Waals surface area contributed by atoms with Crippen molar-refractivity contribution in [1.29, 1.82) is 0 Å². The van der Waals surface area contributed by atoms with Crippen LogP contribution in [0.3, 0.4) is 0 Å². The highest BCUT2D eigenvalue weighted by atomic mass is 16.5. The smallest absolute Gasteiger partial charge is 0.303 e. The normalized spacial score (nSPS) is 12.5. The number of ketones is 1. The first-order chi connectivity index (χ1) is 6.11.